The maximum atomic E-state index is 3.36. The number of fused-ring (bicyclic) bond motifs is 1. The Morgan fingerprint density at radius 2 is 2.25 bits per heavy atom. The minimum atomic E-state index is 0.735. The van der Waals surface area contributed by atoms with Crippen LogP contribution < -0.4 is 0 Å². The fourth-order valence-corrected chi connectivity index (χ4v) is 2.79. The van der Waals surface area contributed by atoms with Crippen LogP contribution in [0.25, 0.3) is 10.9 Å². The number of likely N-dealkylation sites (N-methyl/N-ethyl adjacent to an activating group) is 1. The predicted octanol–water partition coefficient (Wildman–Crippen LogP) is 2.80. The molecule has 84 valence electrons. The number of nitrogens with zero attached hydrogens (tertiary/aromatic N) is 1. The van der Waals surface area contributed by atoms with E-state index in [9.17, 15) is 0 Å². The van der Waals surface area contributed by atoms with E-state index >= 15 is 0 Å². The number of aromatic nitrogens is 1. The number of benzene rings is 1. The molecule has 16 heavy (non-hydrogen) atoms. The van der Waals surface area contributed by atoms with Crippen molar-refractivity contribution in [3.05, 3.63) is 36.0 Å². The van der Waals surface area contributed by atoms with Crippen LogP contribution in [0.15, 0.2) is 30.5 Å². The quantitative estimate of drug-likeness (QED) is 0.814. The van der Waals surface area contributed by atoms with Crippen molar-refractivity contribution in [2.24, 2.45) is 0 Å². The van der Waals surface area contributed by atoms with Gasteiger partial charge in [0.2, 0.25) is 0 Å². The van der Waals surface area contributed by atoms with E-state index in [1.807, 2.05) is 0 Å². The number of hydrogen-bond donors (Lipinski definition) is 1. The van der Waals surface area contributed by atoms with Crippen LogP contribution in [0.5, 0.6) is 0 Å². The SMILES string of the molecule is CN1CCCC1Cc1c[nH]c2ccccc12. The molecule has 2 nitrogen and oxygen atoms in total. The van der Waals surface area contributed by atoms with Gasteiger partial charge in [0.15, 0.2) is 0 Å². The van der Waals surface area contributed by atoms with Crippen molar-refractivity contribution < 1.29 is 0 Å². The van der Waals surface area contributed by atoms with Gasteiger partial charge in [0.05, 0.1) is 0 Å². The van der Waals surface area contributed by atoms with Crippen molar-refractivity contribution in [1.82, 2.24) is 9.88 Å². The summed E-state index contributed by atoms with van der Waals surface area (Å²) in [5.41, 5.74) is 2.73. The van der Waals surface area contributed by atoms with Crippen molar-refractivity contribution in [2.75, 3.05) is 13.6 Å². The molecule has 2 heteroatoms. The Labute approximate surface area is 96.3 Å². The lowest BCUT2D eigenvalue weighted by Gasteiger charge is -2.18. The molecule has 1 aromatic heterocycles. The highest BCUT2D eigenvalue weighted by atomic mass is 15.1. The minimum absolute atomic E-state index is 0.735. The van der Waals surface area contributed by atoms with E-state index in [1.165, 1.54) is 42.3 Å². The Kier molecular flexibility index (Phi) is 2.44. The van der Waals surface area contributed by atoms with Gasteiger partial charge in [0.1, 0.15) is 0 Å². The normalized spacial score (nSPS) is 21.9. The van der Waals surface area contributed by atoms with Gasteiger partial charge in [-0.2, -0.15) is 0 Å². The lowest BCUT2D eigenvalue weighted by atomic mass is 10.0. The van der Waals surface area contributed by atoms with E-state index in [0.29, 0.717) is 0 Å². The van der Waals surface area contributed by atoms with E-state index in [1.54, 1.807) is 0 Å². The van der Waals surface area contributed by atoms with Crippen LogP contribution in [0.2, 0.25) is 0 Å². The summed E-state index contributed by atoms with van der Waals surface area (Å²) in [6, 6.07) is 9.31. The van der Waals surface area contributed by atoms with Gasteiger partial charge < -0.3 is 9.88 Å². The summed E-state index contributed by atoms with van der Waals surface area (Å²) in [6.45, 7) is 1.26. The van der Waals surface area contributed by atoms with Crippen molar-refractivity contribution in [3.8, 4) is 0 Å². The van der Waals surface area contributed by atoms with Crippen molar-refractivity contribution in [2.45, 2.75) is 25.3 Å². The summed E-state index contributed by atoms with van der Waals surface area (Å²) in [5, 5.41) is 1.39. The van der Waals surface area contributed by atoms with E-state index in [2.05, 4.69) is 47.4 Å². The number of likely N-dealkylation sites (tertiary alicyclic amines) is 1. The fourth-order valence-electron chi connectivity index (χ4n) is 2.79. The second-order valence-electron chi connectivity index (χ2n) is 4.84. The van der Waals surface area contributed by atoms with Crippen LogP contribution in [0.1, 0.15) is 18.4 Å². The van der Waals surface area contributed by atoms with E-state index in [0.717, 1.165) is 6.04 Å². The zero-order valence-corrected chi connectivity index (χ0v) is 9.74. The molecule has 1 N–H and O–H groups in total. The monoisotopic (exact) mass is 214 g/mol. The Morgan fingerprint density at radius 3 is 3.06 bits per heavy atom. The first-order valence-electron chi connectivity index (χ1n) is 6.10. The van der Waals surface area contributed by atoms with E-state index in [-0.39, 0.29) is 0 Å². The highest BCUT2D eigenvalue weighted by Gasteiger charge is 2.21. The first-order chi connectivity index (χ1) is 7.84. The minimum Gasteiger partial charge on any atom is -0.361 e. The molecular formula is C14H18N2. The standard InChI is InChI=1S/C14H18N2/c1-16-8-4-5-12(16)9-11-10-15-14-7-3-2-6-13(11)14/h2-3,6-7,10,12,15H,4-5,8-9H2,1H3. The Hall–Kier alpha value is -1.28. The Balaban J connectivity index is 1.89. The Bertz CT molecular complexity index is 486. The van der Waals surface area contributed by atoms with Crippen molar-refractivity contribution in [3.63, 3.8) is 0 Å². The second kappa shape index (κ2) is 3.95. The first kappa shape index (κ1) is 9.91. The largest absolute Gasteiger partial charge is 0.361 e. The molecule has 1 aromatic carbocycles. The van der Waals surface area contributed by atoms with Gasteiger partial charge in [0, 0.05) is 23.1 Å². The molecule has 2 aromatic rings. The lowest BCUT2D eigenvalue weighted by Crippen LogP contribution is -2.26. The molecule has 0 amide bonds. The molecule has 1 fully saturated rings. The third-order valence-electron chi connectivity index (χ3n) is 3.80. The van der Waals surface area contributed by atoms with Crippen molar-refractivity contribution >= 4 is 10.9 Å². The van der Waals surface area contributed by atoms with Gasteiger partial charge >= 0.3 is 0 Å². The zero-order valence-electron chi connectivity index (χ0n) is 9.74. The molecule has 0 aliphatic carbocycles. The number of nitrogens with one attached hydrogen (secondary N) is 1. The summed E-state index contributed by atoms with van der Waals surface area (Å²) in [6.07, 6.45) is 6.05. The Morgan fingerprint density at radius 1 is 1.38 bits per heavy atom. The summed E-state index contributed by atoms with van der Waals surface area (Å²) < 4.78 is 0. The summed E-state index contributed by atoms with van der Waals surface area (Å²) in [7, 11) is 2.24. The maximum Gasteiger partial charge on any atom is 0.0456 e. The fraction of sp³-hybridized carbons (Fsp3) is 0.429. The van der Waals surface area contributed by atoms with Crippen LogP contribution in [0.3, 0.4) is 0 Å². The molecular weight excluding hydrogens is 196 g/mol. The summed E-state index contributed by atoms with van der Waals surface area (Å²) >= 11 is 0. The third-order valence-corrected chi connectivity index (χ3v) is 3.80. The molecule has 2 heterocycles. The van der Waals surface area contributed by atoms with Gasteiger partial charge in [-0.15, -0.1) is 0 Å². The number of H-pyrrole nitrogens is 1. The molecule has 1 unspecified atom stereocenters. The molecule has 1 saturated heterocycles. The third kappa shape index (κ3) is 1.63. The van der Waals surface area contributed by atoms with Crippen molar-refractivity contribution in [1.29, 1.82) is 0 Å². The number of aromatic amines is 1. The summed E-state index contributed by atoms with van der Waals surface area (Å²) in [4.78, 5) is 5.85. The summed E-state index contributed by atoms with van der Waals surface area (Å²) in [5.74, 6) is 0. The predicted molar refractivity (Wildman–Crippen MR) is 67.7 cm³/mol. The number of hydrogen-bond acceptors (Lipinski definition) is 1. The zero-order chi connectivity index (χ0) is 11.0. The van der Waals surface area contributed by atoms with Gasteiger partial charge in [-0.3, -0.25) is 0 Å². The van der Waals surface area contributed by atoms with E-state index in [4.69, 9.17) is 0 Å². The van der Waals surface area contributed by atoms with Crippen LogP contribution in [-0.2, 0) is 6.42 Å². The molecule has 0 spiro atoms. The van der Waals surface area contributed by atoms with Gasteiger partial charge in [-0.1, -0.05) is 18.2 Å². The van der Waals surface area contributed by atoms with Crippen LogP contribution >= 0.6 is 0 Å². The topological polar surface area (TPSA) is 19.0 Å². The van der Waals surface area contributed by atoms with Gasteiger partial charge in [-0.05, 0) is 44.5 Å². The average Bonchev–Trinajstić information content (AvgIpc) is 2.88. The smallest absolute Gasteiger partial charge is 0.0456 e. The van der Waals surface area contributed by atoms with Crippen LogP contribution in [-0.4, -0.2) is 29.5 Å². The first-order valence-corrected chi connectivity index (χ1v) is 6.10. The van der Waals surface area contributed by atoms with Crippen LogP contribution in [0.4, 0.5) is 0 Å². The molecule has 3 rings (SSSR count). The lowest BCUT2D eigenvalue weighted by molar-refractivity contribution is 0.310. The number of para-hydroxylation sites is 1. The second-order valence-corrected chi connectivity index (χ2v) is 4.84. The molecule has 1 aliphatic heterocycles. The number of rotatable bonds is 2. The maximum absolute atomic E-state index is 3.36. The average molecular weight is 214 g/mol. The molecule has 0 saturated carbocycles. The highest BCUT2D eigenvalue weighted by Crippen LogP contribution is 2.24. The van der Waals surface area contributed by atoms with Crippen LogP contribution in [0, 0.1) is 0 Å². The molecule has 0 radical (unpaired) electrons. The highest BCUT2D eigenvalue weighted by molar-refractivity contribution is 5.83. The van der Waals surface area contributed by atoms with Gasteiger partial charge in [-0.25, -0.2) is 0 Å². The molecule has 1 atom stereocenters. The molecule has 1 aliphatic rings. The molecule has 0 bridgehead atoms. The van der Waals surface area contributed by atoms with Gasteiger partial charge in [0.25, 0.3) is 0 Å². The van der Waals surface area contributed by atoms with E-state index < -0.39 is 0 Å².